The van der Waals surface area contributed by atoms with E-state index in [4.69, 9.17) is 0 Å². The van der Waals surface area contributed by atoms with Crippen molar-refractivity contribution in [1.82, 2.24) is 25.8 Å². The molecule has 1 saturated heterocycles. The Labute approximate surface area is 216 Å². The number of carboxylic acids is 1. The number of hydrogen-bond acceptors (Lipinski definition) is 9. The van der Waals surface area contributed by atoms with E-state index >= 15 is 0 Å². The van der Waals surface area contributed by atoms with Crippen molar-refractivity contribution >= 4 is 23.6 Å². The number of aliphatic hydroxyl groups is 2. The van der Waals surface area contributed by atoms with Gasteiger partial charge in [0.2, 0.25) is 11.8 Å². The van der Waals surface area contributed by atoms with E-state index in [2.05, 4.69) is 32.3 Å². The monoisotopic (exact) mass is 518 g/mol. The standard InChI is InChI=1S/C25H38N6O6/c32-19(15-28-22(33)17-5-6-17)30-20(23(34)35)25(37)9-13-31(14-10-25)24(36)27-12-2-4-18-8-7-16-3-1-11-26-21(16)29-18/h7-8,17,20,24,27,36-37H,1-6,9-15H2,(H,26,29)(H,28,33)(H,30,32)(H,34,35). The number of aliphatic hydroxyl groups excluding tert-OH is 1. The molecule has 2 unspecified atom stereocenters. The maximum Gasteiger partial charge on any atom is 0.329 e. The van der Waals surface area contributed by atoms with E-state index in [9.17, 15) is 29.7 Å². The average molecular weight is 519 g/mol. The molecule has 2 amide bonds. The van der Waals surface area contributed by atoms with Crippen LogP contribution < -0.4 is 21.3 Å². The zero-order valence-electron chi connectivity index (χ0n) is 21.0. The number of carbonyl (C=O) groups excluding carboxylic acids is 2. The molecule has 4 rings (SSSR count). The van der Waals surface area contributed by atoms with Gasteiger partial charge < -0.3 is 31.3 Å². The summed E-state index contributed by atoms with van der Waals surface area (Å²) in [7, 11) is 0. The van der Waals surface area contributed by atoms with Gasteiger partial charge in [-0.25, -0.2) is 9.78 Å². The highest BCUT2D eigenvalue weighted by Crippen LogP contribution is 2.29. The van der Waals surface area contributed by atoms with Crippen LogP contribution in [0.1, 0.15) is 49.8 Å². The van der Waals surface area contributed by atoms with Gasteiger partial charge in [-0.3, -0.25) is 19.8 Å². The Morgan fingerprint density at radius 1 is 1.22 bits per heavy atom. The van der Waals surface area contributed by atoms with Gasteiger partial charge in [-0.05, 0) is 69.5 Å². The summed E-state index contributed by atoms with van der Waals surface area (Å²) in [6.07, 6.45) is 4.51. The van der Waals surface area contributed by atoms with Crippen LogP contribution in [0.15, 0.2) is 12.1 Å². The number of carbonyl (C=O) groups is 3. The minimum Gasteiger partial charge on any atom is -0.480 e. The van der Waals surface area contributed by atoms with Gasteiger partial charge >= 0.3 is 5.97 Å². The largest absolute Gasteiger partial charge is 0.480 e. The number of nitrogens with one attached hydrogen (secondary N) is 4. The lowest BCUT2D eigenvalue weighted by molar-refractivity contribution is -0.156. The molecule has 1 aromatic rings. The Morgan fingerprint density at radius 3 is 2.68 bits per heavy atom. The number of amides is 2. The molecule has 2 aliphatic heterocycles. The molecule has 0 bridgehead atoms. The second-order valence-corrected chi connectivity index (χ2v) is 10.2. The summed E-state index contributed by atoms with van der Waals surface area (Å²) in [6, 6.07) is 2.66. The molecule has 12 nitrogen and oxygen atoms in total. The van der Waals surface area contributed by atoms with Crippen molar-refractivity contribution in [3.05, 3.63) is 23.4 Å². The Kier molecular flexibility index (Phi) is 8.95. The molecule has 3 heterocycles. The smallest absolute Gasteiger partial charge is 0.329 e. The van der Waals surface area contributed by atoms with E-state index in [0.717, 1.165) is 56.6 Å². The Morgan fingerprint density at radius 2 is 1.97 bits per heavy atom. The molecule has 2 fully saturated rings. The first-order valence-electron chi connectivity index (χ1n) is 13.2. The fourth-order valence-electron chi connectivity index (χ4n) is 4.88. The Bertz CT molecular complexity index is 978. The first-order chi connectivity index (χ1) is 17.7. The normalized spacial score (nSPS) is 20.7. The van der Waals surface area contributed by atoms with Gasteiger partial charge in [0.05, 0.1) is 12.1 Å². The summed E-state index contributed by atoms with van der Waals surface area (Å²) in [5.74, 6) is -1.32. The summed E-state index contributed by atoms with van der Waals surface area (Å²) in [5, 5.41) is 42.5. The summed E-state index contributed by atoms with van der Waals surface area (Å²) in [6.45, 7) is 1.68. The zero-order valence-corrected chi connectivity index (χ0v) is 21.0. The van der Waals surface area contributed by atoms with Crippen LogP contribution in [0.4, 0.5) is 5.82 Å². The first-order valence-corrected chi connectivity index (χ1v) is 13.2. The predicted molar refractivity (Wildman–Crippen MR) is 134 cm³/mol. The molecule has 37 heavy (non-hydrogen) atoms. The van der Waals surface area contributed by atoms with E-state index in [1.165, 1.54) is 5.56 Å². The number of rotatable bonds is 12. The summed E-state index contributed by atoms with van der Waals surface area (Å²) in [4.78, 5) is 42.2. The lowest BCUT2D eigenvalue weighted by Gasteiger charge is -2.42. The molecular weight excluding hydrogens is 480 g/mol. The molecule has 0 aromatic carbocycles. The molecular formula is C25H38N6O6. The average Bonchev–Trinajstić information content (AvgIpc) is 3.74. The number of likely N-dealkylation sites (tertiary alicyclic amines) is 1. The number of carboxylic acid groups (broad SMARTS) is 1. The molecule has 1 aromatic heterocycles. The van der Waals surface area contributed by atoms with Crippen LogP contribution in [-0.2, 0) is 27.2 Å². The first kappa shape index (κ1) is 27.2. The van der Waals surface area contributed by atoms with Crippen molar-refractivity contribution in [2.75, 3.05) is 38.0 Å². The minimum absolute atomic E-state index is 0.0590. The number of aliphatic carboxylic acids is 1. The number of fused-ring (bicyclic) bond motifs is 1. The molecule has 1 saturated carbocycles. The maximum absolute atomic E-state index is 12.2. The van der Waals surface area contributed by atoms with Gasteiger partial charge in [-0.2, -0.15) is 0 Å². The van der Waals surface area contributed by atoms with Gasteiger partial charge in [0.25, 0.3) is 0 Å². The maximum atomic E-state index is 12.2. The Balaban J connectivity index is 1.18. The fraction of sp³-hybridized carbons (Fsp3) is 0.680. The summed E-state index contributed by atoms with van der Waals surface area (Å²) >= 11 is 0. The van der Waals surface area contributed by atoms with Gasteiger partial charge in [0, 0.05) is 31.2 Å². The highest BCUT2D eigenvalue weighted by molar-refractivity contribution is 5.89. The van der Waals surface area contributed by atoms with E-state index in [-0.39, 0.29) is 44.3 Å². The van der Waals surface area contributed by atoms with Crippen molar-refractivity contribution < 1.29 is 29.7 Å². The number of anilines is 1. The van der Waals surface area contributed by atoms with Crippen LogP contribution in [0.25, 0.3) is 0 Å². The minimum atomic E-state index is -1.66. The molecule has 1 aliphatic carbocycles. The second kappa shape index (κ2) is 12.2. The van der Waals surface area contributed by atoms with Crippen molar-refractivity contribution in [3.63, 3.8) is 0 Å². The quantitative estimate of drug-likeness (QED) is 0.136. The predicted octanol–water partition coefficient (Wildman–Crippen LogP) is -0.840. The molecule has 2 atom stereocenters. The molecule has 0 spiro atoms. The van der Waals surface area contributed by atoms with Gasteiger partial charge in [0.1, 0.15) is 5.82 Å². The van der Waals surface area contributed by atoms with E-state index in [0.29, 0.717) is 6.54 Å². The molecule has 3 aliphatic rings. The third-order valence-electron chi connectivity index (χ3n) is 7.36. The third kappa shape index (κ3) is 7.37. The number of aryl methyl sites for hydroxylation is 2. The molecule has 0 radical (unpaired) electrons. The van der Waals surface area contributed by atoms with Crippen LogP contribution in [-0.4, -0.2) is 93.7 Å². The topological polar surface area (TPSA) is 176 Å². The number of piperidine rings is 1. The fourth-order valence-corrected chi connectivity index (χ4v) is 4.88. The summed E-state index contributed by atoms with van der Waals surface area (Å²) < 4.78 is 0. The van der Waals surface area contributed by atoms with E-state index < -0.39 is 29.9 Å². The molecule has 12 heteroatoms. The number of pyridine rings is 1. The molecule has 7 N–H and O–H groups in total. The lowest BCUT2D eigenvalue weighted by Crippen LogP contribution is -2.63. The number of aromatic nitrogens is 1. The Hall–Kier alpha value is -2.80. The van der Waals surface area contributed by atoms with Crippen LogP contribution in [0.2, 0.25) is 0 Å². The van der Waals surface area contributed by atoms with Crippen molar-refractivity contribution in [3.8, 4) is 0 Å². The summed E-state index contributed by atoms with van der Waals surface area (Å²) in [5.41, 5.74) is 0.588. The van der Waals surface area contributed by atoms with Crippen molar-refractivity contribution in [2.45, 2.75) is 69.4 Å². The van der Waals surface area contributed by atoms with Crippen LogP contribution in [0.5, 0.6) is 0 Å². The third-order valence-corrected chi connectivity index (χ3v) is 7.36. The van der Waals surface area contributed by atoms with Crippen molar-refractivity contribution in [2.24, 2.45) is 5.92 Å². The molecule has 204 valence electrons. The van der Waals surface area contributed by atoms with Crippen LogP contribution >= 0.6 is 0 Å². The van der Waals surface area contributed by atoms with E-state index in [1.54, 1.807) is 4.90 Å². The van der Waals surface area contributed by atoms with Crippen LogP contribution in [0.3, 0.4) is 0 Å². The zero-order chi connectivity index (χ0) is 26.4. The number of nitrogens with zero attached hydrogens (tertiary/aromatic N) is 2. The highest BCUT2D eigenvalue weighted by atomic mass is 16.4. The van der Waals surface area contributed by atoms with Gasteiger partial charge in [-0.15, -0.1) is 0 Å². The lowest BCUT2D eigenvalue weighted by atomic mass is 9.84. The number of hydrogen-bond donors (Lipinski definition) is 7. The highest BCUT2D eigenvalue weighted by Gasteiger charge is 2.45. The van der Waals surface area contributed by atoms with Crippen LogP contribution in [0, 0.1) is 5.92 Å². The second-order valence-electron chi connectivity index (χ2n) is 10.2. The van der Waals surface area contributed by atoms with Crippen molar-refractivity contribution in [1.29, 1.82) is 0 Å². The van der Waals surface area contributed by atoms with Gasteiger partial charge in [-0.1, -0.05) is 6.07 Å². The van der Waals surface area contributed by atoms with Gasteiger partial charge in [0.15, 0.2) is 12.4 Å². The van der Waals surface area contributed by atoms with E-state index in [1.807, 2.05) is 6.07 Å². The SMILES string of the molecule is O=C(CNC(=O)C1CC1)NC(C(=O)O)C1(O)CCN(C(O)NCCCc2ccc3c(n2)NCCC3)CC1.